The van der Waals surface area contributed by atoms with E-state index in [9.17, 15) is 9.59 Å². The van der Waals surface area contributed by atoms with Crippen molar-refractivity contribution in [1.29, 1.82) is 0 Å². The highest BCUT2D eigenvalue weighted by atomic mass is 28.3. The number of hydrogen-bond donors (Lipinski definition) is 1. The number of carbonyl (C=O) groups excluding carboxylic acids is 2. The van der Waals surface area contributed by atoms with Crippen LogP contribution in [0.4, 0.5) is 0 Å². The first kappa shape index (κ1) is 17.5. The Hall–Kier alpha value is -2.58. The molecule has 5 heteroatoms. The lowest BCUT2D eigenvalue weighted by Crippen LogP contribution is -2.51. The third kappa shape index (κ3) is 2.37. The first-order valence-electron chi connectivity index (χ1n) is 10.0. The number of aromatic nitrogens is 1. The highest BCUT2D eigenvalue weighted by molar-refractivity contribution is 6.83. The number of nitrogens with one attached hydrogen (secondary N) is 1. The van der Waals surface area contributed by atoms with Crippen molar-refractivity contribution in [2.75, 3.05) is 6.54 Å². The van der Waals surface area contributed by atoms with E-state index in [1.54, 1.807) is 0 Å². The second kappa shape index (κ2) is 5.71. The first-order valence-corrected chi connectivity index (χ1v) is 13.5. The molecule has 0 fully saturated rings. The van der Waals surface area contributed by atoms with E-state index in [1.165, 1.54) is 0 Å². The van der Waals surface area contributed by atoms with Crippen molar-refractivity contribution >= 4 is 30.8 Å². The number of allylic oxidation sites excluding steroid dienone is 1. The Balaban J connectivity index is 1.84. The predicted molar refractivity (Wildman–Crippen MR) is 113 cm³/mol. The molecule has 0 saturated heterocycles. The summed E-state index contributed by atoms with van der Waals surface area (Å²) in [4.78, 5) is 26.8. The van der Waals surface area contributed by atoms with E-state index in [4.69, 9.17) is 0 Å². The lowest BCUT2D eigenvalue weighted by Gasteiger charge is -2.41. The fourth-order valence-electron chi connectivity index (χ4n) is 5.00. The summed E-state index contributed by atoms with van der Waals surface area (Å²) >= 11 is 0. The van der Waals surface area contributed by atoms with Crippen LogP contribution in [0.1, 0.15) is 28.9 Å². The highest BCUT2D eigenvalue weighted by Crippen LogP contribution is 2.49. The van der Waals surface area contributed by atoms with Crippen LogP contribution in [0.5, 0.6) is 0 Å². The molecule has 0 radical (unpaired) electrons. The lowest BCUT2D eigenvalue weighted by molar-refractivity contribution is -0.125. The number of rotatable bonds is 0. The molecular formula is C23H24N2O2Si. The molecule has 1 aromatic heterocycles. The molecule has 1 aromatic carbocycles. The van der Waals surface area contributed by atoms with Crippen molar-refractivity contribution in [3.05, 3.63) is 47.2 Å². The van der Waals surface area contributed by atoms with Gasteiger partial charge in [0.1, 0.15) is 13.5 Å². The maximum atomic E-state index is 13.5. The minimum absolute atomic E-state index is 0.0137. The summed E-state index contributed by atoms with van der Waals surface area (Å²) < 4.78 is 1.85. The zero-order valence-corrected chi connectivity index (χ0v) is 17.6. The Labute approximate surface area is 166 Å². The molecule has 1 amide bonds. The fourth-order valence-corrected chi connectivity index (χ4v) is 5.54. The van der Waals surface area contributed by atoms with E-state index in [0.29, 0.717) is 19.4 Å². The van der Waals surface area contributed by atoms with E-state index >= 15 is 0 Å². The average Bonchev–Trinajstić information content (AvgIpc) is 2.92. The van der Waals surface area contributed by atoms with Gasteiger partial charge in [-0.2, -0.15) is 0 Å². The molecule has 3 heterocycles. The van der Waals surface area contributed by atoms with Gasteiger partial charge >= 0.3 is 0 Å². The summed E-state index contributed by atoms with van der Waals surface area (Å²) in [6.45, 7) is 7.23. The second-order valence-electron chi connectivity index (χ2n) is 9.27. The van der Waals surface area contributed by atoms with Crippen LogP contribution in [0.2, 0.25) is 19.6 Å². The predicted octanol–water partition coefficient (Wildman–Crippen LogP) is 3.42. The molecule has 1 aliphatic carbocycles. The van der Waals surface area contributed by atoms with Crippen LogP contribution in [0, 0.1) is 17.4 Å². The van der Waals surface area contributed by atoms with Crippen LogP contribution in [-0.2, 0) is 16.6 Å². The molecule has 2 bridgehead atoms. The normalized spacial score (nSPS) is 26.0. The van der Waals surface area contributed by atoms with Crippen molar-refractivity contribution in [3.63, 3.8) is 0 Å². The Morgan fingerprint density at radius 3 is 2.79 bits per heavy atom. The smallest absolute Gasteiger partial charge is 0.236 e. The zero-order chi connectivity index (χ0) is 19.7. The molecule has 0 saturated carbocycles. The van der Waals surface area contributed by atoms with Gasteiger partial charge < -0.3 is 5.32 Å². The van der Waals surface area contributed by atoms with Gasteiger partial charge in [0.2, 0.25) is 11.8 Å². The molecule has 5 rings (SSSR count). The van der Waals surface area contributed by atoms with Crippen molar-refractivity contribution in [1.82, 2.24) is 9.88 Å². The quantitative estimate of drug-likeness (QED) is 0.555. The summed E-state index contributed by atoms with van der Waals surface area (Å²) in [7, 11) is -1.54. The van der Waals surface area contributed by atoms with Gasteiger partial charge in [-0.05, 0) is 36.5 Å². The Morgan fingerprint density at radius 1 is 1.21 bits per heavy atom. The van der Waals surface area contributed by atoms with Gasteiger partial charge in [0.15, 0.2) is 0 Å². The van der Waals surface area contributed by atoms with Crippen molar-refractivity contribution in [2.24, 2.45) is 5.92 Å². The van der Waals surface area contributed by atoms with E-state index in [-0.39, 0.29) is 17.7 Å². The Bertz CT molecular complexity index is 1140. The van der Waals surface area contributed by atoms with Crippen LogP contribution in [0.15, 0.2) is 35.9 Å². The van der Waals surface area contributed by atoms with Gasteiger partial charge in [0.05, 0.1) is 5.52 Å². The molecule has 1 spiro atoms. The van der Waals surface area contributed by atoms with Crippen LogP contribution in [0.3, 0.4) is 0 Å². The molecule has 142 valence electrons. The number of amides is 1. The summed E-state index contributed by atoms with van der Waals surface area (Å²) in [5, 5.41) is 4.21. The summed E-state index contributed by atoms with van der Waals surface area (Å²) in [5.74, 6) is 3.28. The van der Waals surface area contributed by atoms with Crippen LogP contribution < -0.4 is 5.32 Å². The van der Waals surface area contributed by atoms with Gasteiger partial charge in [-0.3, -0.25) is 14.2 Å². The summed E-state index contributed by atoms with van der Waals surface area (Å²) in [6, 6.07) is 8.06. The fraction of sp³-hybridized carbons (Fsp3) is 0.391. The van der Waals surface area contributed by atoms with Crippen molar-refractivity contribution in [2.45, 2.75) is 44.3 Å². The van der Waals surface area contributed by atoms with E-state index in [0.717, 1.165) is 34.2 Å². The Kier molecular flexibility index (Phi) is 3.57. The van der Waals surface area contributed by atoms with Crippen LogP contribution in [0.25, 0.3) is 10.9 Å². The Morgan fingerprint density at radius 2 is 2.00 bits per heavy atom. The molecule has 28 heavy (non-hydrogen) atoms. The molecular weight excluding hydrogens is 364 g/mol. The third-order valence-electron chi connectivity index (χ3n) is 6.09. The van der Waals surface area contributed by atoms with Gasteiger partial charge in [0.25, 0.3) is 0 Å². The largest absolute Gasteiger partial charge is 0.355 e. The number of carbonyl (C=O) groups is 2. The molecule has 4 nitrogen and oxygen atoms in total. The second-order valence-corrected chi connectivity index (χ2v) is 14.0. The number of nitrogens with zero attached hydrogens (tertiary/aromatic N) is 1. The van der Waals surface area contributed by atoms with Crippen molar-refractivity contribution < 1.29 is 9.59 Å². The van der Waals surface area contributed by atoms with Gasteiger partial charge in [0, 0.05) is 23.5 Å². The number of benzene rings is 1. The first-order chi connectivity index (χ1) is 13.3. The van der Waals surface area contributed by atoms with Gasteiger partial charge in [-0.15, -0.1) is 5.54 Å². The highest BCUT2D eigenvalue weighted by Gasteiger charge is 2.53. The van der Waals surface area contributed by atoms with E-state index in [1.807, 2.05) is 22.8 Å². The van der Waals surface area contributed by atoms with Crippen LogP contribution >= 0.6 is 0 Å². The molecule has 1 N–H and O–H groups in total. The zero-order valence-electron chi connectivity index (χ0n) is 16.6. The molecule has 1 unspecified atom stereocenters. The van der Waals surface area contributed by atoms with E-state index < -0.39 is 13.5 Å². The maximum absolute atomic E-state index is 13.5. The summed E-state index contributed by atoms with van der Waals surface area (Å²) in [5.41, 5.74) is 6.54. The molecule has 2 aliphatic heterocycles. The van der Waals surface area contributed by atoms with Crippen molar-refractivity contribution in [3.8, 4) is 11.5 Å². The standard InChI is InChI=1S/C23H24N2O2Si/c1-28(2,3)11-9-15-12-16-14-23(13-15)20-18(8-10-24-22(23)27)17-6-4-5-7-19(17)25(20)21(16)26/h4-7,13,16H,8,10,12,14H2,1-3H3,(H,24,27)/t16?,23-/m1/s1. The molecule has 2 atom stereocenters. The number of hydrogen-bond acceptors (Lipinski definition) is 2. The topological polar surface area (TPSA) is 51.1 Å². The monoisotopic (exact) mass is 388 g/mol. The summed E-state index contributed by atoms with van der Waals surface area (Å²) in [6.07, 6.45) is 4.02. The number of para-hydroxylation sites is 1. The minimum Gasteiger partial charge on any atom is -0.355 e. The average molecular weight is 389 g/mol. The lowest BCUT2D eigenvalue weighted by atomic mass is 9.66. The maximum Gasteiger partial charge on any atom is 0.236 e. The minimum atomic E-state index is -1.54. The molecule has 3 aliphatic rings. The van der Waals surface area contributed by atoms with Gasteiger partial charge in [-0.1, -0.05) is 49.8 Å². The van der Waals surface area contributed by atoms with E-state index in [2.05, 4.69) is 48.6 Å². The molecule has 2 aromatic rings. The third-order valence-corrected chi connectivity index (χ3v) is 6.97. The van der Waals surface area contributed by atoms with Gasteiger partial charge in [-0.25, -0.2) is 0 Å². The number of fused-ring (bicyclic) bond motifs is 4. The van der Waals surface area contributed by atoms with Crippen LogP contribution in [-0.4, -0.2) is 31.0 Å². The SMILES string of the molecule is C[Si](C)(C)C#CC1=C[C@@]23CC(C1)C(=O)n1c2c(c2ccccc21)CCNC3=O.